The zero-order valence-corrected chi connectivity index (χ0v) is 9.57. The van der Waals surface area contributed by atoms with E-state index < -0.39 is 5.97 Å². The summed E-state index contributed by atoms with van der Waals surface area (Å²) in [6.45, 7) is 4.25. The Hall–Kier alpha value is -1.36. The lowest BCUT2D eigenvalue weighted by atomic mass is 10.2. The molecule has 0 heterocycles. The largest absolute Gasteiger partial charge is 0.463 e. The van der Waals surface area contributed by atoms with Crippen molar-refractivity contribution in [1.29, 1.82) is 0 Å². The molecule has 92 valence electrons. The molecule has 0 radical (unpaired) electrons. The van der Waals surface area contributed by atoms with Crippen molar-refractivity contribution in [2.45, 2.75) is 19.3 Å². The van der Waals surface area contributed by atoms with Gasteiger partial charge >= 0.3 is 11.9 Å². The highest BCUT2D eigenvalue weighted by molar-refractivity contribution is 5.81. The van der Waals surface area contributed by atoms with Crippen molar-refractivity contribution in [2.24, 2.45) is 0 Å². The molecule has 0 amide bonds. The average Bonchev–Trinajstić information content (AvgIpc) is 2.28. The molecule has 0 saturated carbocycles. The van der Waals surface area contributed by atoms with Gasteiger partial charge in [0.15, 0.2) is 0 Å². The molecule has 0 unspecified atom stereocenters. The summed E-state index contributed by atoms with van der Waals surface area (Å²) in [7, 11) is 1.54. The Morgan fingerprint density at radius 1 is 1.12 bits per heavy atom. The lowest BCUT2D eigenvalue weighted by Gasteiger charge is -2.04. The molecule has 0 bridgehead atoms. The lowest BCUT2D eigenvalue weighted by Crippen LogP contribution is -2.10. The Bertz CT molecular complexity index is 224. The molecule has 0 aliphatic rings. The van der Waals surface area contributed by atoms with Gasteiger partial charge in [0.05, 0.1) is 13.2 Å². The van der Waals surface area contributed by atoms with Crippen molar-refractivity contribution in [2.75, 3.05) is 26.9 Å². The molecule has 0 atom stereocenters. The van der Waals surface area contributed by atoms with Crippen molar-refractivity contribution in [3.63, 3.8) is 0 Å². The minimum absolute atomic E-state index is 0.257. The summed E-state index contributed by atoms with van der Waals surface area (Å²) in [6.07, 6.45) is 2.71. The van der Waals surface area contributed by atoms with Crippen molar-refractivity contribution in [3.8, 4) is 0 Å². The van der Waals surface area contributed by atoms with E-state index in [-0.39, 0.29) is 12.6 Å². The van der Waals surface area contributed by atoms with Gasteiger partial charge in [0.25, 0.3) is 0 Å². The molecule has 0 N–H and O–H groups in total. The first-order chi connectivity index (χ1) is 7.70. The van der Waals surface area contributed by atoms with Gasteiger partial charge in [0, 0.05) is 19.6 Å². The molecule has 0 aliphatic heterocycles. The first-order valence-electron chi connectivity index (χ1n) is 5.14. The fourth-order valence-electron chi connectivity index (χ4n) is 0.914. The molecule has 0 aliphatic carbocycles. The number of unbranched alkanes of at least 4 members (excludes halogenated alkanes) is 1. The quantitative estimate of drug-likeness (QED) is 0.337. The van der Waals surface area contributed by atoms with E-state index in [4.69, 9.17) is 14.2 Å². The smallest absolute Gasteiger partial charge is 0.330 e. The predicted molar refractivity (Wildman–Crippen MR) is 57.8 cm³/mol. The topological polar surface area (TPSA) is 61.8 Å². The maximum atomic E-state index is 11.1. The number of esters is 2. The fraction of sp³-hybridized carbons (Fsp3) is 0.636. The Kier molecular flexibility index (Phi) is 9.30. The SMILES string of the molecule is C=CC(=O)OCCCCC(=O)OCCOC. The van der Waals surface area contributed by atoms with Crippen LogP contribution in [0.4, 0.5) is 0 Å². The third kappa shape index (κ3) is 9.21. The Labute approximate surface area is 95.4 Å². The van der Waals surface area contributed by atoms with Crippen LogP contribution in [0.5, 0.6) is 0 Å². The van der Waals surface area contributed by atoms with Crippen LogP contribution in [0, 0.1) is 0 Å². The van der Waals surface area contributed by atoms with Gasteiger partial charge < -0.3 is 14.2 Å². The number of carbonyl (C=O) groups is 2. The van der Waals surface area contributed by atoms with E-state index in [0.29, 0.717) is 32.5 Å². The number of carbonyl (C=O) groups excluding carboxylic acids is 2. The van der Waals surface area contributed by atoms with Crippen molar-refractivity contribution < 1.29 is 23.8 Å². The molecule has 0 aromatic carbocycles. The molecule has 0 fully saturated rings. The molecule has 0 aromatic heterocycles. The van der Waals surface area contributed by atoms with Crippen LogP contribution >= 0.6 is 0 Å². The van der Waals surface area contributed by atoms with E-state index in [2.05, 4.69) is 6.58 Å². The first kappa shape index (κ1) is 14.6. The van der Waals surface area contributed by atoms with Gasteiger partial charge in [-0.1, -0.05) is 6.58 Å². The van der Waals surface area contributed by atoms with Crippen LogP contribution in [-0.4, -0.2) is 38.9 Å². The van der Waals surface area contributed by atoms with Crippen LogP contribution in [0.15, 0.2) is 12.7 Å². The second kappa shape index (κ2) is 10.2. The summed E-state index contributed by atoms with van der Waals surface area (Å²) >= 11 is 0. The van der Waals surface area contributed by atoms with E-state index in [1.165, 1.54) is 0 Å². The third-order valence-corrected chi connectivity index (χ3v) is 1.74. The van der Waals surface area contributed by atoms with E-state index in [9.17, 15) is 9.59 Å². The summed E-state index contributed by atoms with van der Waals surface area (Å²) in [5, 5.41) is 0. The zero-order valence-electron chi connectivity index (χ0n) is 9.57. The predicted octanol–water partition coefficient (Wildman–Crippen LogP) is 1.08. The molecule has 0 saturated heterocycles. The van der Waals surface area contributed by atoms with Crippen LogP contribution < -0.4 is 0 Å². The minimum Gasteiger partial charge on any atom is -0.463 e. The zero-order chi connectivity index (χ0) is 12.2. The molecule has 0 aromatic rings. The number of hydrogen-bond donors (Lipinski definition) is 0. The summed E-state index contributed by atoms with van der Waals surface area (Å²) in [5.74, 6) is -0.699. The maximum Gasteiger partial charge on any atom is 0.330 e. The summed E-state index contributed by atoms with van der Waals surface area (Å²) in [6, 6.07) is 0. The highest BCUT2D eigenvalue weighted by atomic mass is 16.6. The molecule has 5 nitrogen and oxygen atoms in total. The van der Waals surface area contributed by atoms with Crippen LogP contribution in [0.2, 0.25) is 0 Å². The monoisotopic (exact) mass is 230 g/mol. The molecular weight excluding hydrogens is 212 g/mol. The normalized spacial score (nSPS) is 9.56. The summed E-state index contributed by atoms with van der Waals surface area (Å²) < 4.78 is 14.3. The maximum absolute atomic E-state index is 11.1. The van der Waals surface area contributed by atoms with Crippen LogP contribution in [0.25, 0.3) is 0 Å². The Morgan fingerprint density at radius 2 is 1.88 bits per heavy atom. The molecule has 0 rings (SSSR count). The average molecular weight is 230 g/mol. The van der Waals surface area contributed by atoms with E-state index in [1.807, 2.05) is 0 Å². The van der Waals surface area contributed by atoms with E-state index in [1.54, 1.807) is 7.11 Å². The van der Waals surface area contributed by atoms with Gasteiger partial charge in [0.1, 0.15) is 6.61 Å². The molecule has 5 heteroatoms. The van der Waals surface area contributed by atoms with Gasteiger partial charge in [-0.05, 0) is 12.8 Å². The van der Waals surface area contributed by atoms with Crippen LogP contribution in [-0.2, 0) is 23.8 Å². The van der Waals surface area contributed by atoms with Crippen LogP contribution in [0.1, 0.15) is 19.3 Å². The van der Waals surface area contributed by atoms with Gasteiger partial charge in [-0.2, -0.15) is 0 Å². The van der Waals surface area contributed by atoms with E-state index >= 15 is 0 Å². The minimum atomic E-state index is -0.442. The highest BCUT2D eigenvalue weighted by Crippen LogP contribution is 1.98. The van der Waals surface area contributed by atoms with Crippen molar-refractivity contribution >= 4 is 11.9 Å². The third-order valence-electron chi connectivity index (χ3n) is 1.74. The first-order valence-corrected chi connectivity index (χ1v) is 5.14. The number of methoxy groups -OCH3 is 1. The standard InChI is InChI=1S/C11H18O5/c1-3-10(12)15-7-5-4-6-11(13)16-9-8-14-2/h3H,1,4-9H2,2H3. The highest BCUT2D eigenvalue weighted by Gasteiger charge is 2.02. The summed E-state index contributed by atoms with van der Waals surface area (Å²) in [4.78, 5) is 21.7. The van der Waals surface area contributed by atoms with Crippen molar-refractivity contribution in [1.82, 2.24) is 0 Å². The van der Waals surface area contributed by atoms with Gasteiger partial charge in [0.2, 0.25) is 0 Å². The fourth-order valence-corrected chi connectivity index (χ4v) is 0.914. The Balaban J connectivity index is 3.27. The van der Waals surface area contributed by atoms with Gasteiger partial charge in [-0.3, -0.25) is 4.79 Å². The summed E-state index contributed by atoms with van der Waals surface area (Å²) in [5.41, 5.74) is 0. The van der Waals surface area contributed by atoms with Crippen molar-refractivity contribution in [3.05, 3.63) is 12.7 Å². The van der Waals surface area contributed by atoms with Gasteiger partial charge in [-0.25, -0.2) is 4.79 Å². The molecule has 0 spiro atoms. The molecular formula is C11H18O5. The van der Waals surface area contributed by atoms with E-state index in [0.717, 1.165) is 6.08 Å². The number of rotatable bonds is 9. The Morgan fingerprint density at radius 3 is 2.50 bits per heavy atom. The van der Waals surface area contributed by atoms with Gasteiger partial charge in [-0.15, -0.1) is 0 Å². The molecule has 16 heavy (non-hydrogen) atoms. The second-order valence-corrected chi connectivity index (χ2v) is 3.04. The number of hydrogen-bond acceptors (Lipinski definition) is 5. The van der Waals surface area contributed by atoms with Crippen LogP contribution in [0.3, 0.4) is 0 Å². The lowest BCUT2D eigenvalue weighted by molar-refractivity contribution is -0.145. The number of ether oxygens (including phenoxy) is 3. The second-order valence-electron chi connectivity index (χ2n) is 3.04.